The number of likely N-dealkylation sites (N-methyl/N-ethyl adjacent to an activating group) is 1. The Morgan fingerprint density at radius 1 is 1.45 bits per heavy atom. The molecule has 1 fully saturated rings. The normalized spacial score (nSPS) is 22.2. The van der Waals surface area contributed by atoms with Gasteiger partial charge in [-0.05, 0) is 31.6 Å². The van der Waals surface area contributed by atoms with E-state index in [0.717, 1.165) is 26.1 Å². The highest BCUT2D eigenvalue weighted by Gasteiger charge is 2.29. The summed E-state index contributed by atoms with van der Waals surface area (Å²) in [6.45, 7) is 3.49. The summed E-state index contributed by atoms with van der Waals surface area (Å²) in [5, 5.41) is 1.29. The molecule has 0 radical (unpaired) electrons. The van der Waals surface area contributed by atoms with Crippen LogP contribution >= 0.6 is 0 Å². The molecule has 2 atom stereocenters. The molecule has 3 N–H and O–H groups in total. The molecule has 20 heavy (non-hydrogen) atoms. The first kappa shape index (κ1) is 13.6. The third kappa shape index (κ3) is 2.59. The molecule has 0 amide bonds. The van der Waals surface area contributed by atoms with Gasteiger partial charge in [-0.3, -0.25) is 0 Å². The summed E-state index contributed by atoms with van der Waals surface area (Å²) >= 11 is 0. The maximum atomic E-state index is 6.02. The number of nitrogens with one attached hydrogen (secondary N) is 1. The first-order chi connectivity index (χ1) is 9.79. The largest absolute Gasteiger partial charge is 0.375 e. The third-order valence-electron chi connectivity index (χ3n) is 4.24. The van der Waals surface area contributed by atoms with Crippen molar-refractivity contribution in [1.29, 1.82) is 0 Å². The van der Waals surface area contributed by atoms with Gasteiger partial charge in [-0.1, -0.05) is 18.2 Å². The van der Waals surface area contributed by atoms with Crippen LogP contribution < -0.4 is 5.73 Å². The molecule has 4 heteroatoms. The van der Waals surface area contributed by atoms with Gasteiger partial charge in [0.25, 0.3) is 0 Å². The van der Waals surface area contributed by atoms with Crippen molar-refractivity contribution in [2.45, 2.75) is 18.4 Å². The molecular formula is C16H23N3O. The molecule has 1 aromatic carbocycles. The van der Waals surface area contributed by atoms with E-state index < -0.39 is 0 Å². The lowest BCUT2D eigenvalue weighted by Gasteiger charge is -2.35. The van der Waals surface area contributed by atoms with Crippen LogP contribution in [-0.4, -0.2) is 49.3 Å². The molecule has 0 saturated carbocycles. The summed E-state index contributed by atoms with van der Waals surface area (Å²) < 4.78 is 6.02. The van der Waals surface area contributed by atoms with E-state index in [1.54, 1.807) is 0 Å². The first-order valence-electron chi connectivity index (χ1n) is 7.36. The smallest absolute Gasteiger partial charge is 0.0772 e. The Morgan fingerprint density at radius 3 is 3.10 bits per heavy atom. The molecule has 1 aliphatic rings. The summed E-state index contributed by atoms with van der Waals surface area (Å²) in [6.07, 6.45) is 3.32. The number of hydrogen-bond acceptors (Lipinski definition) is 3. The number of nitrogens with two attached hydrogens (primary N) is 1. The molecule has 1 aromatic heterocycles. The van der Waals surface area contributed by atoms with Gasteiger partial charge in [-0.25, -0.2) is 0 Å². The van der Waals surface area contributed by atoms with E-state index in [1.807, 2.05) is 0 Å². The summed E-state index contributed by atoms with van der Waals surface area (Å²) in [4.78, 5) is 5.71. The van der Waals surface area contributed by atoms with E-state index in [9.17, 15) is 0 Å². The molecule has 2 heterocycles. The van der Waals surface area contributed by atoms with Crippen LogP contribution in [0.4, 0.5) is 0 Å². The van der Waals surface area contributed by atoms with Gasteiger partial charge in [0, 0.05) is 36.1 Å². The maximum Gasteiger partial charge on any atom is 0.0772 e. The molecule has 1 aliphatic heterocycles. The van der Waals surface area contributed by atoms with E-state index in [4.69, 9.17) is 10.5 Å². The summed E-state index contributed by atoms with van der Waals surface area (Å²) in [5.74, 6) is 0.360. The van der Waals surface area contributed by atoms with Gasteiger partial charge in [-0.2, -0.15) is 0 Å². The topological polar surface area (TPSA) is 54.3 Å². The fourth-order valence-electron chi connectivity index (χ4n) is 3.18. The van der Waals surface area contributed by atoms with Crippen LogP contribution in [0.5, 0.6) is 0 Å². The number of nitrogens with zero attached hydrogens (tertiary/aromatic N) is 1. The molecule has 1 saturated heterocycles. The van der Waals surface area contributed by atoms with Crippen molar-refractivity contribution in [2.24, 2.45) is 5.73 Å². The van der Waals surface area contributed by atoms with Crippen LogP contribution in [0.2, 0.25) is 0 Å². The maximum absolute atomic E-state index is 6.02. The molecule has 4 nitrogen and oxygen atoms in total. The fourth-order valence-corrected chi connectivity index (χ4v) is 3.18. The number of hydrogen-bond donors (Lipinski definition) is 2. The Kier molecular flexibility index (Phi) is 4.05. The van der Waals surface area contributed by atoms with Gasteiger partial charge >= 0.3 is 0 Å². The Morgan fingerprint density at radius 2 is 2.30 bits per heavy atom. The lowest BCUT2D eigenvalue weighted by atomic mass is 9.89. The Balaban J connectivity index is 1.93. The summed E-state index contributed by atoms with van der Waals surface area (Å²) in [7, 11) is 2.16. The number of fused-ring (bicyclic) bond motifs is 1. The second-order valence-corrected chi connectivity index (χ2v) is 5.64. The Labute approximate surface area is 119 Å². The molecule has 0 spiro atoms. The van der Waals surface area contributed by atoms with Crippen molar-refractivity contribution >= 4 is 10.9 Å². The number of benzene rings is 1. The van der Waals surface area contributed by atoms with E-state index >= 15 is 0 Å². The van der Waals surface area contributed by atoms with Crippen LogP contribution in [0.3, 0.4) is 0 Å². The van der Waals surface area contributed by atoms with Crippen molar-refractivity contribution in [3.05, 3.63) is 36.0 Å². The molecule has 2 unspecified atom stereocenters. The van der Waals surface area contributed by atoms with Gasteiger partial charge in [-0.15, -0.1) is 0 Å². The lowest BCUT2D eigenvalue weighted by Crippen LogP contribution is -2.43. The minimum atomic E-state index is 0.233. The minimum absolute atomic E-state index is 0.233. The highest BCUT2D eigenvalue weighted by Crippen LogP contribution is 2.32. The van der Waals surface area contributed by atoms with Crippen molar-refractivity contribution in [3.63, 3.8) is 0 Å². The Hall–Kier alpha value is -1.36. The number of ether oxygens (including phenoxy) is 1. The quantitative estimate of drug-likeness (QED) is 0.895. The molecule has 2 aromatic rings. The van der Waals surface area contributed by atoms with Gasteiger partial charge in [0.1, 0.15) is 0 Å². The van der Waals surface area contributed by atoms with Crippen LogP contribution in [0.25, 0.3) is 10.9 Å². The van der Waals surface area contributed by atoms with E-state index in [0.29, 0.717) is 12.5 Å². The summed E-state index contributed by atoms with van der Waals surface area (Å²) in [6, 6.07) is 8.45. The SMILES string of the molecule is CN1CCOC(C(CCN)c2c[nH]c3ccccc23)C1. The molecule has 3 rings (SSSR count). The van der Waals surface area contributed by atoms with Crippen LogP contribution in [0.15, 0.2) is 30.5 Å². The molecular weight excluding hydrogens is 250 g/mol. The van der Waals surface area contributed by atoms with E-state index in [2.05, 4.69) is 47.4 Å². The molecule has 0 aliphatic carbocycles. The third-order valence-corrected chi connectivity index (χ3v) is 4.24. The van der Waals surface area contributed by atoms with Crippen molar-refractivity contribution in [1.82, 2.24) is 9.88 Å². The van der Waals surface area contributed by atoms with Gasteiger partial charge in [0.2, 0.25) is 0 Å². The van der Waals surface area contributed by atoms with Gasteiger partial charge in [0.15, 0.2) is 0 Å². The van der Waals surface area contributed by atoms with Crippen LogP contribution in [0.1, 0.15) is 17.9 Å². The van der Waals surface area contributed by atoms with Gasteiger partial charge in [0.05, 0.1) is 12.7 Å². The monoisotopic (exact) mass is 273 g/mol. The number of rotatable bonds is 4. The average molecular weight is 273 g/mol. The molecule has 0 bridgehead atoms. The number of para-hydroxylation sites is 1. The standard InChI is InChI=1S/C16H23N3O/c1-19-8-9-20-16(11-19)13(6-7-17)14-10-18-15-5-3-2-4-12(14)15/h2-5,10,13,16,18H,6-9,11,17H2,1H3. The molecule has 108 valence electrons. The van der Waals surface area contributed by atoms with Gasteiger partial charge < -0.3 is 20.4 Å². The Bertz CT molecular complexity index is 566. The zero-order chi connectivity index (χ0) is 13.9. The second-order valence-electron chi connectivity index (χ2n) is 5.64. The zero-order valence-corrected chi connectivity index (χ0v) is 12.0. The predicted molar refractivity (Wildman–Crippen MR) is 81.9 cm³/mol. The number of aromatic nitrogens is 1. The minimum Gasteiger partial charge on any atom is -0.375 e. The fraction of sp³-hybridized carbons (Fsp3) is 0.500. The lowest BCUT2D eigenvalue weighted by molar-refractivity contribution is -0.0342. The summed E-state index contributed by atoms with van der Waals surface area (Å²) in [5.41, 5.74) is 8.37. The first-order valence-corrected chi connectivity index (χ1v) is 7.36. The van der Waals surface area contributed by atoms with Crippen molar-refractivity contribution in [3.8, 4) is 0 Å². The van der Waals surface area contributed by atoms with E-state index in [1.165, 1.54) is 16.5 Å². The zero-order valence-electron chi connectivity index (χ0n) is 12.0. The average Bonchev–Trinajstić information content (AvgIpc) is 2.88. The highest BCUT2D eigenvalue weighted by atomic mass is 16.5. The number of morpholine rings is 1. The van der Waals surface area contributed by atoms with E-state index in [-0.39, 0.29) is 6.10 Å². The van der Waals surface area contributed by atoms with Crippen molar-refractivity contribution in [2.75, 3.05) is 33.3 Å². The number of aromatic amines is 1. The van der Waals surface area contributed by atoms with Crippen LogP contribution in [0, 0.1) is 0 Å². The second kappa shape index (κ2) is 5.95. The van der Waals surface area contributed by atoms with Crippen LogP contribution in [-0.2, 0) is 4.74 Å². The highest BCUT2D eigenvalue weighted by molar-refractivity contribution is 5.83. The number of H-pyrrole nitrogens is 1. The predicted octanol–water partition coefficient (Wildman–Crippen LogP) is 1.93. The van der Waals surface area contributed by atoms with Crippen molar-refractivity contribution < 1.29 is 4.74 Å².